The van der Waals surface area contributed by atoms with Crippen molar-refractivity contribution in [2.45, 2.75) is 111 Å². The molecule has 0 saturated carbocycles. The van der Waals surface area contributed by atoms with Crippen molar-refractivity contribution in [1.29, 1.82) is 0 Å². The zero-order chi connectivity index (χ0) is 26.9. The van der Waals surface area contributed by atoms with Crippen molar-refractivity contribution in [1.82, 2.24) is 9.80 Å². The van der Waals surface area contributed by atoms with Crippen LogP contribution < -0.4 is 0 Å². The van der Waals surface area contributed by atoms with Gasteiger partial charge in [0.1, 0.15) is 0 Å². The van der Waals surface area contributed by atoms with Gasteiger partial charge < -0.3 is 19.3 Å². The Bertz CT molecular complexity index is 612. The molecule has 0 radical (unpaired) electrons. The van der Waals surface area contributed by atoms with Gasteiger partial charge in [-0.1, -0.05) is 65.7 Å². The van der Waals surface area contributed by atoms with Crippen molar-refractivity contribution in [3.05, 3.63) is 0 Å². The second-order valence-electron chi connectivity index (χ2n) is 12.1. The molecule has 6 heteroatoms. The highest BCUT2D eigenvalue weighted by atomic mass is 16.5. The number of ether oxygens (including phenoxy) is 2. The SMILES string of the molecule is CCC(C)C(=O)OCCCCCCCCOC(=O)C(C)CN1CCC(CCCC2CCN(C)CC2)CC1. The molecule has 0 bridgehead atoms. The van der Waals surface area contributed by atoms with Crippen LogP contribution >= 0.6 is 0 Å². The first-order chi connectivity index (χ1) is 17.9. The van der Waals surface area contributed by atoms with Crippen LogP contribution in [0.4, 0.5) is 0 Å². The lowest BCUT2D eigenvalue weighted by Crippen LogP contribution is -2.38. The molecule has 6 nitrogen and oxygen atoms in total. The molecule has 0 amide bonds. The second-order valence-corrected chi connectivity index (χ2v) is 12.1. The summed E-state index contributed by atoms with van der Waals surface area (Å²) in [7, 11) is 2.24. The predicted molar refractivity (Wildman–Crippen MR) is 151 cm³/mol. The van der Waals surface area contributed by atoms with Crippen molar-refractivity contribution >= 4 is 11.9 Å². The maximum absolute atomic E-state index is 12.4. The van der Waals surface area contributed by atoms with Gasteiger partial charge in [0.25, 0.3) is 0 Å². The van der Waals surface area contributed by atoms with Crippen LogP contribution in [0.25, 0.3) is 0 Å². The molecule has 2 unspecified atom stereocenters. The molecule has 0 aliphatic carbocycles. The van der Waals surface area contributed by atoms with Gasteiger partial charge in [0.15, 0.2) is 0 Å². The van der Waals surface area contributed by atoms with Gasteiger partial charge in [0.2, 0.25) is 0 Å². The van der Waals surface area contributed by atoms with E-state index in [1.165, 1.54) is 58.0 Å². The van der Waals surface area contributed by atoms with E-state index in [4.69, 9.17) is 9.47 Å². The number of unbranched alkanes of at least 4 members (excludes halogenated alkanes) is 5. The molecule has 0 aromatic heterocycles. The number of carbonyl (C=O) groups excluding carboxylic acids is 2. The Morgan fingerprint density at radius 3 is 1.68 bits per heavy atom. The lowest BCUT2D eigenvalue weighted by molar-refractivity contribution is -0.149. The minimum absolute atomic E-state index is 0.00583. The topological polar surface area (TPSA) is 59.1 Å². The molecule has 216 valence electrons. The molecule has 2 rings (SSSR count). The fourth-order valence-corrected chi connectivity index (χ4v) is 5.67. The molecule has 2 aliphatic rings. The molecule has 2 fully saturated rings. The molecule has 0 N–H and O–H groups in total. The Balaban J connectivity index is 1.40. The standard InChI is InChI=1S/C31H58N2O4/c1-5-26(2)30(34)36-23-10-8-6-7-9-11-24-37-31(35)27(3)25-33-21-17-29(18-22-33)14-12-13-28-15-19-32(4)20-16-28/h26-29H,5-25H2,1-4H3. The first kappa shape index (κ1) is 32.1. The Hall–Kier alpha value is -1.14. The van der Waals surface area contributed by atoms with Gasteiger partial charge in [-0.3, -0.25) is 9.59 Å². The predicted octanol–water partition coefficient (Wildman–Crippen LogP) is 6.32. The Labute approximate surface area is 228 Å². The van der Waals surface area contributed by atoms with Crippen LogP contribution in [0, 0.1) is 23.7 Å². The summed E-state index contributed by atoms with van der Waals surface area (Å²) in [6.45, 7) is 12.7. The fourth-order valence-electron chi connectivity index (χ4n) is 5.67. The first-order valence-corrected chi connectivity index (χ1v) is 15.6. The summed E-state index contributed by atoms with van der Waals surface area (Å²) in [6, 6.07) is 0. The Morgan fingerprint density at radius 2 is 1.16 bits per heavy atom. The number of carbonyl (C=O) groups is 2. The summed E-state index contributed by atoms with van der Waals surface area (Å²) >= 11 is 0. The zero-order valence-corrected chi connectivity index (χ0v) is 24.7. The van der Waals surface area contributed by atoms with Crippen LogP contribution in [0.2, 0.25) is 0 Å². The first-order valence-electron chi connectivity index (χ1n) is 15.6. The van der Waals surface area contributed by atoms with E-state index in [0.717, 1.165) is 76.4 Å². The number of nitrogens with zero attached hydrogens (tertiary/aromatic N) is 2. The number of hydrogen-bond acceptors (Lipinski definition) is 6. The van der Waals surface area contributed by atoms with E-state index in [-0.39, 0.29) is 23.8 Å². The van der Waals surface area contributed by atoms with E-state index < -0.39 is 0 Å². The quantitative estimate of drug-likeness (QED) is 0.155. The van der Waals surface area contributed by atoms with E-state index in [2.05, 4.69) is 16.8 Å². The van der Waals surface area contributed by atoms with Crippen LogP contribution in [-0.4, -0.2) is 74.7 Å². The van der Waals surface area contributed by atoms with Crippen LogP contribution in [0.3, 0.4) is 0 Å². The normalized spacial score (nSPS) is 20.0. The average molecular weight is 523 g/mol. The number of rotatable bonds is 18. The van der Waals surface area contributed by atoms with Gasteiger partial charge in [-0.25, -0.2) is 0 Å². The monoisotopic (exact) mass is 522 g/mol. The molecule has 2 atom stereocenters. The van der Waals surface area contributed by atoms with Gasteiger partial charge in [-0.05, 0) is 90.0 Å². The van der Waals surface area contributed by atoms with Crippen molar-refractivity contribution in [2.75, 3.05) is 53.0 Å². The maximum atomic E-state index is 12.4. The number of esters is 2. The highest BCUT2D eigenvalue weighted by Crippen LogP contribution is 2.27. The Kier molecular flexibility index (Phi) is 16.5. The third-order valence-corrected chi connectivity index (χ3v) is 8.75. The summed E-state index contributed by atoms with van der Waals surface area (Å²) < 4.78 is 10.8. The highest BCUT2D eigenvalue weighted by molar-refractivity contribution is 5.72. The van der Waals surface area contributed by atoms with Gasteiger partial charge in [0.05, 0.1) is 25.0 Å². The molecule has 2 aliphatic heterocycles. The summed E-state index contributed by atoms with van der Waals surface area (Å²) in [5.74, 6) is 1.69. The fraction of sp³-hybridized carbons (Fsp3) is 0.935. The lowest BCUT2D eigenvalue weighted by Gasteiger charge is -2.33. The van der Waals surface area contributed by atoms with Gasteiger partial charge in [-0.15, -0.1) is 0 Å². The summed E-state index contributed by atoms with van der Waals surface area (Å²) in [5, 5.41) is 0. The van der Waals surface area contributed by atoms with Crippen LogP contribution in [0.5, 0.6) is 0 Å². The van der Waals surface area contributed by atoms with Crippen molar-refractivity contribution in [2.24, 2.45) is 23.7 Å². The van der Waals surface area contributed by atoms with Gasteiger partial charge in [0, 0.05) is 6.54 Å². The minimum Gasteiger partial charge on any atom is -0.465 e. The molecule has 0 aromatic rings. The smallest absolute Gasteiger partial charge is 0.309 e. The van der Waals surface area contributed by atoms with E-state index in [1.54, 1.807) is 0 Å². The summed E-state index contributed by atoms with van der Waals surface area (Å²) in [5.41, 5.74) is 0. The number of piperidine rings is 2. The van der Waals surface area contributed by atoms with Crippen LogP contribution in [0.1, 0.15) is 111 Å². The average Bonchev–Trinajstić information content (AvgIpc) is 2.91. The largest absolute Gasteiger partial charge is 0.465 e. The minimum atomic E-state index is -0.0725. The zero-order valence-electron chi connectivity index (χ0n) is 24.7. The molecule has 0 spiro atoms. The van der Waals surface area contributed by atoms with E-state index in [9.17, 15) is 9.59 Å². The Morgan fingerprint density at radius 1 is 0.703 bits per heavy atom. The van der Waals surface area contributed by atoms with Crippen molar-refractivity contribution in [3.8, 4) is 0 Å². The van der Waals surface area contributed by atoms with E-state index in [0.29, 0.717) is 13.2 Å². The summed E-state index contributed by atoms with van der Waals surface area (Å²) in [4.78, 5) is 29.0. The third kappa shape index (κ3) is 14.0. The molecule has 2 saturated heterocycles. The van der Waals surface area contributed by atoms with Crippen molar-refractivity contribution < 1.29 is 19.1 Å². The lowest BCUT2D eigenvalue weighted by atomic mass is 9.87. The molecule has 0 aromatic carbocycles. The number of likely N-dealkylation sites (tertiary alicyclic amines) is 2. The van der Waals surface area contributed by atoms with E-state index >= 15 is 0 Å². The molecule has 2 heterocycles. The van der Waals surface area contributed by atoms with Crippen molar-refractivity contribution in [3.63, 3.8) is 0 Å². The molecular weight excluding hydrogens is 464 g/mol. The van der Waals surface area contributed by atoms with Crippen LogP contribution in [0.15, 0.2) is 0 Å². The highest BCUT2D eigenvalue weighted by Gasteiger charge is 2.24. The van der Waals surface area contributed by atoms with Crippen LogP contribution in [-0.2, 0) is 19.1 Å². The second kappa shape index (κ2) is 19.0. The molecular formula is C31H58N2O4. The maximum Gasteiger partial charge on any atom is 0.309 e. The van der Waals surface area contributed by atoms with Gasteiger partial charge >= 0.3 is 11.9 Å². The third-order valence-electron chi connectivity index (χ3n) is 8.75. The molecule has 37 heavy (non-hydrogen) atoms. The van der Waals surface area contributed by atoms with E-state index in [1.807, 2.05) is 20.8 Å². The summed E-state index contributed by atoms with van der Waals surface area (Å²) in [6.07, 6.45) is 16.7. The van der Waals surface area contributed by atoms with Gasteiger partial charge in [-0.2, -0.15) is 0 Å². The number of hydrogen-bond donors (Lipinski definition) is 0.